The zero-order valence-electron chi connectivity index (χ0n) is 16.1. The average Bonchev–Trinajstić information content (AvgIpc) is 3.31. The number of esters is 1. The van der Waals surface area contributed by atoms with E-state index in [0.29, 0.717) is 11.3 Å². The molecule has 0 aliphatic heterocycles. The van der Waals surface area contributed by atoms with Crippen molar-refractivity contribution < 1.29 is 23.5 Å². The van der Waals surface area contributed by atoms with Crippen LogP contribution >= 0.6 is 0 Å². The maximum Gasteiger partial charge on any atom is 0.379 e. The number of hydrazone groups is 1. The highest BCUT2D eigenvalue weighted by Gasteiger charge is 2.13. The van der Waals surface area contributed by atoms with Gasteiger partial charge >= 0.3 is 17.8 Å². The van der Waals surface area contributed by atoms with Crippen LogP contribution in [-0.4, -0.2) is 24.0 Å². The van der Waals surface area contributed by atoms with Gasteiger partial charge in [0.05, 0.1) is 25.0 Å². The van der Waals surface area contributed by atoms with Gasteiger partial charge in [0.25, 0.3) is 0 Å². The number of rotatable bonds is 6. The molecule has 0 fully saturated rings. The average molecular weight is 416 g/mol. The van der Waals surface area contributed by atoms with Crippen molar-refractivity contribution in [2.75, 3.05) is 5.32 Å². The number of nitriles is 1. The summed E-state index contributed by atoms with van der Waals surface area (Å²) in [4.78, 5) is 35.7. The molecular weight excluding hydrogens is 400 g/mol. The Balaban J connectivity index is 1.52. The highest BCUT2D eigenvalue weighted by atomic mass is 16.5. The number of ether oxygens (including phenoxy) is 1. The molecule has 0 saturated carbocycles. The molecule has 3 rings (SSSR count). The fraction of sp³-hybridized carbons (Fsp3) is 0.0455. The third kappa shape index (κ3) is 6.13. The Hall–Kier alpha value is -4.71. The Morgan fingerprint density at radius 1 is 1.06 bits per heavy atom. The number of furan rings is 1. The topological polar surface area (TPSA) is 134 Å². The third-order valence-corrected chi connectivity index (χ3v) is 3.87. The Bertz CT molecular complexity index is 1150. The second kappa shape index (κ2) is 10.2. The molecule has 3 aromatic rings. The van der Waals surface area contributed by atoms with E-state index in [1.54, 1.807) is 48.5 Å². The minimum absolute atomic E-state index is 0.0667. The summed E-state index contributed by atoms with van der Waals surface area (Å²) >= 11 is 0. The monoisotopic (exact) mass is 416 g/mol. The van der Waals surface area contributed by atoms with Crippen LogP contribution in [0.1, 0.15) is 21.7 Å². The van der Waals surface area contributed by atoms with Crippen molar-refractivity contribution in [2.45, 2.75) is 6.42 Å². The lowest BCUT2D eigenvalue weighted by Gasteiger charge is -2.05. The zero-order chi connectivity index (χ0) is 22.1. The number of nitrogens with zero attached hydrogens (tertiary/aromatic N) is 2. The highest BCUT2D eigenvalue weighted by molar-refractivity contribution is 6.39. The first kappa shape index (κ1) is 21.0. The Kier molecular flexibility index (Phi) is 6.90. The summed E-state index contributed by atoms with van der Waals surface area (Å²) in [6.45, 7) is 0. The van der Waals surface area contributed by atoms with Crippen molar-refractivity contribution in [3.8, 4) is 11.8 Å². The van der Waals surface area contributed by atoms with Crippen LogP contribution in [0, 0.1) is 11.3 Å². The van der Waals surface area contributed by atoms with Crippen LogP contribution in [0.25, 0.3) is 0 Å². The second-order valence-electron chi connectivity index (χ2n) is 6.12. The van der Waals surface area contributed by atoms with Gasteiger partial charge in [-0.15, -0.1) is 0 Å². The van der Waals surface area contributed by atoms with Gasteiger partial charge in [-0.3, -0.25) is 9.59 Å². The summed E-state index contributed by atoms with van der Waals surface area (Å²) < 4.78 is 10.2. The number of benzene rings is 2. The number of hydrogen-bond acceptors (Lipinski definition) is 7. The largest absolute Gasteiger partial charge is 0.457 e. The van der Waals surface area contributed by atoms with E-state index >= 15 is 0 Å². The van der Waals surface area contributed by atoms with E-state index in [4.69, 9.17) is 14.4 Å². The molecule has 2 aromatic carbocycles. The maximum absolute atomic E-state index is 11.9. The third-order valence-electron chi connectivity index (χ3n) is 3.87. The lowest BCUT2D eigenvalue weighted by molar-refractivity contribution is -0.136. The lowest BCUT2D eigenvalue weighted by atomic mass is 10.1. The summed E-state index contributed by atoms with van der Waals surface area (Å²) in [5.74, 6) is -2.18. The molecule has 0 aliphatic carbocycles. The number of carbonyl (C=O) groups is 3. The van der Waals surface area contributed by atoms with Gasteiger partial charge in [0.1, 0.15) is 5.75 Å². The smallest absolute Gasteiger partial charge is 0.379 e. The quantitative estimate of drug-likeness (QED) is 0.209. The van der Waals surface area contributed by atoms with Crippen LogP contribution in [0.2, 0.25) is 0 Å². The van der Waals surface area contributed by atoms with Crippen LogP contribution < -0.4 is 15.5 Å². The summed E-state index contributed by atoms with van der Waals surface area (Å²) in [6, 6.07) is 18.0. The second-order valence-corrected chi connectivity index (χ2v) is 6.12. The predicted octanol–water partition coefficient (Wildman–Crippen LogP) is 2.65. The maximum atomic E-state index is 11.9. The summed E-state index contributed by atoms with van der Waals surface area (Å²) in [7, 11) is 0. The van der Waals surface area contributed by atoms with Gasteiger partial charge < -0.3 is 14.5 Å². The SMILES string of the molecule is N#CCc1ccc(NC(=O)C(=O)N/N=C/c2cccc(OC(=O)c3ccco3)c2)cc1. The van der Waals surface area contributed by atoms with Crippen molar-refractivity contribution in [3.05, 3.63) is 83.8 Å². The van der Waals surface area contributed by atoms with Gasteiger partial charge in [0, 0.05) is 5.69 Å². The van der Waals surface area contributed by atoms with Crippen LogP contribution in [0.3, 0.4) is 0 Å². The number of carbonyl (C=O) groups excluding carboxylic acids is 3. The van der Waals surface area contributed by atoms with E-state index in [1.165, 1.54) is 24.6 Å². The summed E-state index contributed by atoms with van der Waals surface area (Å²) in [5, 5.41) is 14.8. The zero-order valence-corrected chi connectivity index (χ0v) is 16.1. The first-order valence-corrected chi connectivity index (χ1v) is 9.01. The molecule has 0 radical (unpaired) electrons. The molecule has 1 aromatic heterocycles. The van der Waals surface area contributed by atoms with Gasteiger partial charge in [0.15, 0.2) is 0 Å². The van der Waals surface area contributed by atoms with Crippen LogP contribution in [0.15, 0.2) is 76.4 Å². The van der Waals surface area contributed by atoms with Gasteiger partial charge in [0.2, 0.25) is 5.76 Å². The molecule has 31 heavy (non-hydrogen) atoms. The van der Waals surface area contributed by atoms with Gasteiger partial charge in [-0.1, -0.05) is 24.3 Å². The molecule has 2 N–H and O–H groups in total. The Morgan fingerprint density at radius 2 is 1.87 bits per heavy atom. The molecule has 0 unspecified atom stereocenters. The molecule has 1 heterocycles. The van der Waals surface area contributed by atoms with E-state index < -0.39 is 17.8 Å². The van der Waals surface area contributed by atoms with E-state index in [1.807, 2.05) is 6.07 Å². The molecule has 0 aliphatic rings. The minimum Gasteiger partial charge on any atom is -0.457 e. The van der Waals surface area contributed by atoms with Crippen molar-refractivity contribution in [1.29, 1.82) is 5.26 Å². The minimum atomic E-state index is -0.960. The predicted molar refractivity (Wildman–Crippen MR) is 110 cm³/mol. The summed E-state index contributed by atoms with van der Waals surface area (Å²) in [6.07, 6.45) is 2.92. The van der Waals surface area contributed by atoms with Gasteiger partial charge in [-0.25, -0.2) is 10.2 Å². The Morgan fingerprint density at radius 3 is 2.58 bits per heavy atom. The van der Waals surface area contributed by atoms with E-state index in [2.05, 4.69) is 15.8 Å². The van der Waals surface area contributed by atoms with Crippen LogP contribution in [0.5, 0.6) is 5.75 Å². The van der Waals surface area contributed by atoms with Crippen molar-refractivity contribution in [2.24, 2.45) is 5.10 Å². The number of amides is 2. The van der Waals surface area contributed by atoms with Gasteiger partial charge in [-0.05, 0) is 47.5 Å². The molecule has 0 saturated heterocycles. The molecule has 0 bridgehead atoms. The van der Waals surface area contributed by atoms with Crippen molar-refractivity contribution in [3.63, 3.8) is 0 Å². The van der Waals surface area contributed by atoms with E-state index in [-0.39, 0.29) is 17.9 Å². The molecule has 2 amide bonds. The number of nitrogens with one attached hydrogen (secondary N) is 2. The fourth-order valence-electron chi connectivity index (χ4n) is 2.41. The summed E-state index contributed by atoms with van der Waals surface area (Å²) in [5.41, 5.74) is 3.86. The molecule has 9 heteroatoms. The van der Waals surface area contributed by atoms with E-state index in [0.717, 1.165) is 5.56 Å². The molecule has 154 valence electrons. The normalized spacial score (nSPS) is 10.3. The van der Waals surface area contributed by atoms with Crippen LogP contribution in [0.4, 0.5) is 5.69 Å². The molecular formula is C22H16N4O5. The molecule has 0 atom stereocenters. The fourth-order valence-corrected chi connectivity index (χ4v) is 2.41. The first-order valence-electron chi connectivity index (χ1n) is 9.01. The molecule has 9 nitrogen and oxygen atoms in total. The standard InChI is InChI=1S/C22H16N4O5/c23-11-10-15-6-8-17(9-7-15)25-20(27)21(28)26-24-14-16-3-1-4-18(13-16)31-22(29)19-5-2-12-30-19/h1-9,12-14H,10H2,(H,25,27)(H,26,28)/b24-14+. The first-order chi connectivity index (χ1) is 15.0. The van der Waals surface area contributed by atoms with Crippen molar-refractivity contribution >= 4 is 29.7 Å². The highest BCUT2D eigenvalue weighted by Crippen LogP contribution is 2.14. The van der Waals surface area contributed by atoms with E-state index in [9.17, 15) is 14.4 Å². The number of hydrogen-bond donors (Lipinski definition) is 2. The number of anilines is 1. The van der Waals surface area contributed by atoms with Crippen molar-refractivity contribution in [1.82, 2.24) is 5.43 Å². The Labute approximate surface area is 176 Å². The van der Waals surface area contributed by atoms with Crippen LogP contribution in [-0.2, 0) is 16.0 Å². The lowest BCUT2D eigenvalue weighted by Crippen LogP contribution is -2.32. The molecule has 0 spiro atoms. The van der Waals surface area contributed by atoms with Gasteiger partial charge in [-0.2, -0.15) is 10.4 Å².